The maximum Gasteiger partial charge on any atom is 0.193 e. The summed E-state index contributed by atoms with van der Waals surface area (Å²) in [6, 6.07) is 10.8. The van der Waals surface area contributed by atoms with E-state index in [-0.39, 0.29) is 24.0 Å². The zero-order valence-corrected chi connectivity index (χ0v) is 19.0. The van der Waals surface area contributed by atoms with Crippen molar-refractivity contribution >= 4 is 40.8 Å². The van der Waals surface area contributed by atoms with Crippen LogP contribution in [0.4, 0.5) is 0 Å². The van der Waals surface area contributed by atoms with E-state index in [1.54, 1.807) is 0 Å². The van der Waals surface area contributed by atoms with Crippen molar-refractivity contribution in [3.8, 4) is 0 Å². The van der Waals surface area contributed by atoms with E-state index in [1.807, 2.05) is 7.05 Å². The zero-order chi connectivity index (χ0) is 18.5. The standard InChI is InChI=1S/C21H29N5.HI/c1-5-16-8-6-10-19-17(14-24-20(16)19)11-12-23-21(22-2)26(4)15-18-9-7-13-25(18)3;/h6-10,13-14,24H,5,11-12,15H2,1-4H3,(H,22,23);1H. The number of aromatic nitrogens is 2. The molecular weight excluding hydrogens is 449 g/mol. The number of fused-ring (bicyclic) bond motifs is 1. The van der Waals surface area contributed by atoms with Gasteiger partial charge in [0.05, 0.1) is 6.54 Å². The minimum Gasteiger partial charge on any atom is -0.361 e. The second kappa shape index (κ2) is 9.82. The molecule has 0 aliphatic carbocycles. The van der Waals surface area contributed by atoms with Crippen molar-refractivity contribution in [3.05, 3.63) is 59.5 Å². The maximum absolute atomic E-state index is 4.42. The van der Waals surface area contributed by atoms with E-state index < -0.39 is 0 Å². The lowest BCUT2D eigenvalue weighted by Crippen LogP contribution is -2.39. The first-order valence-corrected chi connectivity index (χ1v) is 9.23. The van der Waals surface area contributed by atoms with Crippen LogP contribution in [-0.2, 0) is 26.4 Å². The van der Waals surface area contributed by atoms with Crippen molar-refractivity contribution in [2.75, 3.05) is 20.6 Å². The van der Waals surface area contributed by atoms with E-state index in [9.17, 15) is 0 Å². The van der Waals surface area contributed by atoms with E-state index in [4.69, 9.17) is 0 Å². The average molecular weight is 479 g/mol. The fourth-order valence-corrected chi connectivity index (χ4v) is 3.45. The summed E-state index contributed by atoms with van der Waals surface area (Å²) >= 11 is 0. The number of para-hydroxylation sites is 1. The van der Waals surface area contributed by atoms with Crippen LogP contribution >= 0.6 is 24.0 Å². The molecule has 3 rings (SSSR count). The van der Waals surface area contributed by atoms with Gasteiger partial charge in [0, 0.05) is 56.7 Å². The van der Waals surface area contributed by atoms with E-state index >= 15 is 0 Å². The van der Waals surface area contributed by atoms with Crippen molar-refractivity contribution in [2.45, 2.75) is 26.3 Å². The molecular formula is C21H30IN5. The van der Waals surface area contributed by atoms with Gasteiger partial charge in [0.15, 0.2) is 5.96 Å². The number of hydrogen-bond acceptors (Lipinski definition) is 1. The number of aryl methyl sites for hydroxylation is 2. The number of H-pyrrole nitrogens is 1. The first-order valence-electron chi connectivity index (χ1n) is 9.23. The van der Waals surface area contributed by atoms with Gasteiger partial charge in [-0.3, -0.25) is 4.99 Å². The fraction of sp³-hybridized carbons (Fsp3) is 0.381. The number of nitrogens with zero attached hydrogens (tertiary/aromatic N) is 3. The minimum absolute atomic E-state index is 0. The van der Waals surface area contributed by atoms with E-state index in [0.29, 0.717) is 0 Å². The van der Waals surface area contributed by atoms with Crippen LogP contribution < -0.4 is 5.32 Å². The van der Waals surface area contributed by atoms with Crippen molar-refractivity contribution in [3.63, 3.8) is 0 Å². The first-order chi connectivity index (χ1) is 12.6. The summed E-state index contributed by atoms with van der Waals surface area (Å²) in [5.74, 6) is 0.917. The number of nitrogens with one attached hydrogen (secondary N) is 2. The van der Waals surface area contributed by atoms with E-state index in [1.165, 1.54) is 27.7 Å². The molecule has 2 aromatic heterocycles. The lowest BCUT2D eigenvalue weighted by atomic mass is 10.1. The largest absolute Gasteiger partial charge is 0.361 e. The number of aromatic amines is 1. The second-order valence-electron chi connectivity index (χ2n) is 6.70. The Kier molecular flexibility index (Phi) is 7.77. The summed E-state index contributed by atoms with van der Waals surface area (Å²) in [4.78, 5) is 10.0. The number of halogens is 1. The highest BCUT2D eigenvalue weighted by atomic mass is 127. The number of benzene rings is 1. The molecule has 0 amide bonds. The molecule has 2 heterocycles. The van der Waals surface area contributed by atoms with Gasteiger partial charge < -0.3 is 19.8 Å². The van der Waals surface area contributed by atoms with Crippen LogP contribution in [0.5, 0.6) is 0 Å². The van der Waals surface area contributed by atoms with E-state index in [0.717, 1.165) is 31.9 Å². The normalized spacial score (nSPS) is 11.5. The summed E-state index contributed by atoms with van der Waals surface area (Å²) in [5, 5.41) is 4.82. The topological polar surface area (TPSA) is 48.4 Å². The molecule has 0 fully saturated rings. The highest BCUT2D eigenvalue weighted by Crippen LogP contribution is 2.22. The molecule has 3 aromatic rings. The molecule has 0 atom stereocenters. The Labute approximate surface area is 178 Å². The van der Waals surface area contributed by atoms with Crippen molar-refractivity contribution in [2.24, 2.45) is 12.0 Å². The van der Waals surface area contributed by atoms with Crippen molar-refractivity contribution in [1.82, 2.24) is 19.8 Å². The van der Waals surface area contributed by atoms with E-state index in [2.05, 4.69) is 88.5 Å². The highest BCUT2D eigenvalue weighted by Gasteiger charge is 2.10. The predicted octanol–water partition coefficient (Wildman–Crippen LogP) is 3.94. The Balaban J connectivity index is 0.00000261. The number of rotatable bonds is 6. The molecule has 5 nitrogen and oxygen atoms in total. The third-order valence-electron chi connectivity index (χ3n) is 4.97. The molecule has 0 radical (unpaired) electrons. The van der Waals surface area contributed by atoms with Gasteiger partial charge in [0.25, 0.3) is 0 Å². The second-order valence-corrected chi connectivity index (χ2v) is 6.70. The summed E-state index contributed by atoms with van der Waals surface area (Å²) in [7, 11) is 5.98. The molecule has 0 spiro atoms. The molecule has 0 bridgehead atoms. The Bertz CT molecular complexity index is 893. The van der Waals surface area contributed by atoms with Gasteiger partial charge in [-0.05, 0) is 36.1 Å². The van der Waals surface area contributed by atoms with Gasteiger partial charge in [0.1, 0.15) is 0 Å². The summed E-state index contributed by atoms with van der Waals surface area (Å²) in [5.41, 5.74) is 5.26. The lowest BCUT2D eigenvalue weighted by molar-refractivity contribution is 0.462. The molecule has 0 saturated carbocycles. The van der Waals surface area contributed by atoms with Gasteiger partial charge in [-0.15, -0.1) is 24.0 Å². The number of hydrogen-bond donors (Lipinski definition) is 2. The van der Waals surface area contributed by atoms with Crippen LogP contribution in [-0.4, -0.2) is 41.1 Å². The van der Waals surface area contributed by atoms with Crippen LogP contribution in [0, 0.1) is 0 Å². The van der Waals surface area contributed by atoms with Gasteiger partial charge in [-0.25, -0.2) is 0 Å². The Morgan fingerprint density at radius 3 is 2.70 bits per heavy atom. The van der Waals surface area contributed by atoms with Gasteiger partial charge in [-0.2, -0.15) is 0 Å². The van der Waals surface area contributed by atoms with Crippen molar-refractivity contribution < 1.29 is 0 Å². The molecule has 1 aromatic carbocycles. The smallest absolute Gasteiger partial charge is 0.193 e. The highest BCUT2D eigenvalue weighted by molar-refractivity contribution is 14.0. The summed E-state index contributed by atoms with van der Waals surface area (Å²) in [6.45, 7) is 3.88. The molecule has 0 aliphatic rings. The predicted molar refractivity (Wildman–Crippen MR) is 125 cm³/mol. The Morgan fingerprint density at radius 1 is 1.22 bits per heavy atom. The fourth-order valence-electron chi connectivity index (χ4n) is 3.45. The molecule has 27 heavy (non-hydrogen) atoms. The van der Waals surface area contributed by atoms with Crippen LogP contribution in [0.25, 0.3) is 10.9 Å². The molecule has 146 valence electrons. The maximum atomic E-state index is 4.42. The summed E-state index contributed by atoms with van der Waals surface area (Å²) < 4.78 is 2.14. The Hall–Kier alpha value is -1.96. The number of aliphatic imine (C=N–C) groups is 1. The minimum atomic E-state index is 0. The van der Waals surface area contributed by atoms with Crippen LogP contribution in [0.3, 0.4) is 0 Å². The van der Waals surface area contributed by atoms with Crippen LogP contribution in [0.1, 0.15) is 23.7 Å². The zero-order valence-electron chi connectivity index (χ0n) is 16.6. The van der Waals surface area contributed by atoms with Gasteiger partial charge >= 0.3 is 0 Å². The lowest BCUT2D eigenvalue weighted by Gasteiger charge is -2.22. The van der Waals surface area contributed by atoms with Gasteiger partial charge in [-0.1, -0.05) is 25.1 Å². The first kappa shape index (κ1) is 21.3. The third-order valence-corrected chi connectivity index (χ3v) is 4.97. The third kappa shape index (κ3) is 4.86. The van der Waals surface area contributed by atoms with Crippen LogP contribution in [0.2, 0.25) is 0 Å². The van der Waals surface area contributed by atoms with Crippen LogP contribution in [0.15, 0.2) is 47.7 Å². The molecule has 0 aliphatic heterocycles. The quantitative estimate of drug-likeness (QED) is 0.320. The number of guanidine groups is 1. The van der Waals surface area contributed by atoms with Crippen molar-refractivity contribution in [1.29, 1.82) is 0 Å². The molecule has 2 N–H and O–H groups in total. The average Bonchev–Trinajstić information content (AvgIpc) is 3.25. The molecule has 0 unspecified atom stereocenters. The van der Waals surface area contributed by atoms with Gasteiger partial charge in [0.2, 0.25) is 0 Å². The Morgan fingerprint density at radius 2 is 2.04 bits per heavy atom. The summed E-state index contributed by atoms with van der Waals surface area (Å²) in [6.07, 6.45) is 6.22. The SMILES string of the molecule is CCc1cccc2c(CCNC(=NC)N(C)Cc3cccn3C)c[nH]c12.I. The monoisotopic (exact) mass is 479 g/mol. The molecule has 6 heteroatoms. The molecule has 0 saturated heterocycles.